The van der Waals surface area contributed by atoms with Gasteiger partial charge in [0.25, 0.3) is 0 Å². The van der Waals surface area contributed by atoms with Crippen LogP contribution in [0.15, 0.2) is 21.3 Å². The molecular weight excluding hydrogens is 302 g/mol. The maximum absolute atomic E-state index is 12.0. The number of carbonyl (C=O) groups is 1. The molecule has 1 amide bonds. The van der Waals surface area contributed by atoms with E-state index in [1.165, 1.54) is 0 Å². The minimum Gasteiger partial charge on any atom is -0.377 e. The van der Waals surface area contributed by atoms with Gasteiger partial charge in [-0.3, -0.25) is 4.79 Å². The topological polar surface area (TPSA) is 29.5 Å². The van der Waals surface area contributed by atoms with Gasteiger partial charge >= 0.3 is 0 Å². The normalized spacial score (nSPS) is 21.1. The Kier molecular flexibility index (Phi) is 4.36. The van der Waals surface area contributed by atoms with Gasteiger partial charge in [0.2, 0.25) is 5.91 Å². The average Bonchev–Trinajstić information content (AvgIpc) is 2.73. The van der Waals surface area contributed by atoms with E-state index in [9.17, 15) is 4.79 Å². The number of thiophene rings is 1. The lowest BCUT2D eigenvalue weighted by atomic mass is 10.2. The Labute approximate surface area is 113 Å². The van der Waals surface area contributed by atoms with E-state index < -0.39 is 0 Å². The van der Waals surface area contributed by atoms with Crippen molar-refractivity contribution < 1.29 is 9.53 Å². The molecule has 0 radical (unpaired) electrons. The molecule has 0 bridgehead atoms. The van der Waals surface area contributed by atoms with Crippen LogP contribution in [0.1, 0.15) is 12.5 Å². The van der Waals surface area contributed by atoms with Gasteiger partial charge in [-0.25, -0.2) is 0 Å². The van der Waals surface area contributed by atoms with Gasteiger partial charge in [0.1, 0.15) is 0 Å². The van der Waals surface area contributed by atoms with E-state index in [4.69, 9.17) is 4.74 Å². The van der Waals surface area contributed by atoms with Gasteiger partial charge in [-0.15, -0.1) is 11.3 Å². The van der Waals surface area contributed by atoms with Crippen molar-refractivity contribution in [1.29, 1.82) is 0 Å². The quantitative estimate of drug-likeness (QED) is 0.785. The van der Waals surface area contributed by atoms with E-state index in [1.54, 1.807) is 17.4 Å². The predicted octanol–water partition coefficient (Wildman–Crippen LogP) is 2.77. The first-order valence-corrected chi connectivity index (χ1v) is 7.14. The zero-order valence-corrected chi connectivity index (χ0v) is 12.0. The lowest BCUT2D eigenvalue weighted by molar-refractivity contribution is -0.133. The number of halogens is 1. The van der Waals surface area contributed by atoms with Crippen molar-refractivity contribution in [2.24, 2.45) is 0 Å². The van der Waals surface area contributed by atoms with Gasteiger partial charge in [0, 0.05) is 12.6 Å². The molecule has 0 spiro atoms. The number of nitrogens with zero attached hydrogens (tertiary/aromatic N) is 1. The van der Waals surface area contributed by atoms with Crippen LogP contribution in [0.4, 0.5) is 0 Å². The Morgan fingerprint density at radius 3 is 3.18 bits per heavy atom. The van der Waals surface area contributed by atoms with Crippen LogP contribution in [0, 0.1) is 0 Å². The third-order valence-corrected chi connectivity index (χ3v) is 4.18. The average molecular weight is 316 g/mol. The minimum absolute atomic E-state index is 0.0584. The fourth-order valence-corrected chi connectivity index (χ4v) is 2.87. The number of hydrogen-bond donors (Lipinski definition) is 0. The number of rotatable bonds is 2. The van der Waals surface area contributed by atoms with Gasteiger partial charge in [0.15, 0.2) is 0 Å². The molecule has 1 aliphatic heterocycles. The molecule has 0 aliphatic carbocycles. The summed E-state index contributed by atoms with van der Waals surface area (Å²) < 4.78 is 6.38. The Hall–Kier alpha value is -0.650. The second-order valence-corrected chi connectivity index (χ2v) is 6.26. The molecule has 1 atom stereocenters. The molecular formula is C12H14BrNO2S. The van der Waals surface area contributed by atoms with Crippen LogP contribution in [0.5, 0.6) is 0 Å². The van der Waals surface area contributed by atoms with Gasteiger partial charge in [0.05, 0.1) is 23.0 Å². The van der Waals surface area contributed by atoms with Crippen molar-refractivity contribution >= 4 is 39.2 Å². The van der Waals surface area contributed by atoms with Gasteiger partial charge < -0.3 is 9.64 Å². The first kappa shape index (κ1) is 12.8. The molecule has 1 fully saturated rings. The molecule has 0 aromatic carbocycles. The molecule has 17 heavy (non-hydrogen) atoms. The van der Waals surface area contributed by atoms with E-state index in [-0.39, 0.29) is 11.9 Å². The molecule has 2 heterocycles. The Morgan fingerprint density at radius 1 is 1.71 bits per heavy atom. The highest BCUT2D eigenvalue weighted by Crippen LogP contribution is 2.21. The SMILES string of the molecule is CC1COCCN1C(=O)C=Cc1csc(Br)c1. The van der Waals surface area contributed by atoms with E-state index in [0.717, 1.165) is 9.35 Å². The fraction of sp³-hybridized carbons (Fsp3) is 0.417. The van der Waals surface area contributed by atoms with Crippen LogP contribution in [0.3, 0.4) is 0 Å². The maximum atomic E-state index is 12.0. The summed E-state index contributed by atoms with van der Waals surface area (Å²) in [4.78, 5) is 13.8. The van der Waals surface area contributed by atoms with Crippen molar-refractivity contribution in [3.8, 4) is 0 Å². The van der Waals surface area contributed by atoms with Gasteiger partial charge in [-0.05, 0) is 45.9 Å². The van der Waals surface area contributed by atoms with Crippen molar-refractivity contribution in [2.75, 3.05) is 19.8 Å². The molecule has 92 valence electrons. The molecule has 1 saturated heterocycles. The number of hydrogen-bond acceptors (Lipinski definition) is 3. The summed E-state index contributed by atoms with van der Waals surface area (Å²) in [6, 6.07) is 2.16. The second kappa shape index (κ2) is 5.80. The van der Waals surface area contributed by atoms with Crippen LogP contribution >= 0.6 is 27.3 Å². The summed E-state index contributed by atoms with van der Waals surface area (Å²) >= 11 is 5.01. The number of carbonyl (C=O) groups excluding carboxylic acids is 1. The molecule has 5 heteroatoms. The molecule has 2 rings (SSSR count). The number of ether oxygens (including phenoxy) is 1. The van der Waals surface area contributed by atoms with Gasteiger partial charge in [-0.2, -0.15) is 0 Å². The zero-order chi connectivity index (χ0) is 12.3. The highest BCUT2D eigenvalue weighted by molar-refractivity contribution is 9.11. The molecule has 1 aliphatic rings. The lowest BCUT2D eigenvalue weighted by Gasteiger charge is -2.32. The number of morpholine rings is 1. The van der Waals surface area contributed by atoms with Crippen molar-refractivity contribution in [1.82, 2.24) is 4.90 Å². The smallest absolute Gasteiger partial charge is 0.246 e. The zero-order valence-electron chi connectivity index (χ0n) is 9.56. The lowest BCUT2D eigenvalue weighted by Crippen LogP contribution is -2.46. The minimum atomic E-state index is 0.0584. The predicted molar refractivity (Wildman–Crippen MR) is 73.0 cm³/mol. The maximum Gasteiger partial charge on any atom is 0.246 e. The summed E-state index contributed by atoms with van der Waals surface area (Å²) in [6.45, 7) is 3.95. The third-order valence-electron chi connectivity index (χ3n) is 2.66. The van der Waals surface area contributed by atoms with Crippen LogP contribution in [0.25, 0.3) is 6.08 Å². The van der Waals surface area contributed by atoms with Crippen molar-refractivity contribution in [3.63, 3.8) is 0 Å². The molecule has 3 nitrogen and oxygen atoms in total. The van der Waals surface area contributed by atoms with Crippen LogP contribution < -0.4 is 0 Å². The Balaban J connectivity index is 1.98. The first-order valence-electron chi connectivity index (χ1n) is 5.47. The Morgan fingerprint density at radius 2 is 2.53 bits per heavy atom. The van der Waals surface area contributed by atoms with Crippen LogP contribution in [0.2, 0.25) is 0 Å². The molecule has 0 saturated carbocycles. The Bertz CT molecular complexity index is 430. The first-order chi connectivity index (χ1) is 8.16. The highest BCUT2D eigenvalue weighted by atomic mass is 79.9. The second-order valence-electron chi connectivity index (χ2n) is 3.97. The largest absolute Gasteiger partial charge is 0.377 e. The van der Waals surface area contributed by atoms with Crippen molar-refractivity contribution in [2.45, 2.75) is 13.0 Å². The van der Waals surface area contributed by atoms with Crippen molar-refractivity contribution in [3.05, 3.63) is 26.9 Å². The molecule has 1 aromatic heterocycles. The monoisotopic (exact) mass is 315 g/mol. The van der Waals surface area contributed by atoms with E-state index in [2.05, 4.69) is 15.9 Å². The van der Waals surface area contributed by atoms with Crippen LogP contribution in [-0.4, -0.2) is 36.6 Å². The summed E-state index contributed by atoms with van der Waals surface area (Å²) in [5, 5.41) is 2.01. The molecule has 1 aromatic rings. The summed E-state index contributed by atoms with van der Waals surface area (Å²) in [5.74, 6) is 0.0584. The molecule has 1 unspecified atom stereocenters. The van der Waals surface area contributed by atoms with E-state index in [0.29, 0.717) is 19.8 Å². The highest BCUT2D eigenvalue weighted by Gasteiger charge is 2.21. The molecule has 0 N–H and O–H groups in total. The van der Waals surface area contributed by atoms with Crippen LogP contribution in [-0.2, 0) is 9.53 Å². The summed E-state index contributed by atoms with van der Waals surface area (Å²) in [5.41, 5.74) is 1.05. The standard InChI is InChI=1S/C12H14BrNO2S/c1-9-7-16-5-4-14(9)12(15)3-2-10-6-11(13)17-8-10/h2-3,6,8-9H,4-5,7H2,1H3. The fourth-order valence-electron chi connectivity index (χ4n) is 1.73. The van der Waals surface area contributed by atoms with Gasteiger partial charge in [-0.1, -0.05) is 0 Å². The summed E-state index contributed by atoms with van der Waals surface area (Å²) in [6.07, 6.45) is 3.49. The number of amides is 1. The van der Waals surface area contributed by atoms with E-state index >= 15 is 0 Å². The third kappa shape index (κ3) is 3.40. The van der Waals surface area contributed by atoms with E-state index in [1.807, 2.05) is 29.3 Å². The summed E-state index contributed by atoms with van der Waals surface area (Å²) in [7, 11) is 0.